The van der Waals surface area contributed by atoms with Crippen molar-refractivity contribution in [3.05, 3.63) is 59.7 Å². The molecule has 0 fully saturated rings. The molecule has 2 aromatic rings. The molecule has 0 aliphatic heterocycles. The van der Waals surface area contributed by atoms with Gasteiger partial charge >= 0.3 is 0 Å². The SMILES string of the molecule is CCN(CC)c1ccc(NC(=O)CC(=O)NCc2cccc(C)c2)cc1. The average molecular weight is 353 g/mol. The Morgan fingerprint density at radius 2 is 1.65 bits per heavy atom. The maximum Gasteiger partial charge on any atom is 0.233 e. The fourth-order valence-corrected chi connectivity index (χ4v) is 2.78. The molecule has 0 saturated heterocycles. The van der Waals surface area contributed by atoms with Crippen LogP contribution in [0.15, 0.2) is 48.5 Å². The van der Waals surface area contributed by atoms with Crippen LogP contribution in [-0.4, -0.2) is 24.9 Å². The van der Waals surface area contributed by atoms with Gasteiger partial charge < -0.3 is 15.5 Å². The molecule has 0 spiro atoms. The van der Waals surface area contributed by atoms with E-state index in [9.17, 15) is 9.59 Å². The van der Waals surface area contributed by atoms with Crippen LogP contribution < -0.4 is 15.5 Å². The largest absolute Gasteiger partial charge is 0.372 e. The van der Waals surface area contributed by atoms with Gasteiger partial charge in [-0.15, -0.1) is 0 Å². The third-order valence-corrected chi connectivity index (χ3v) is 4.17. The molecule has 5 nitrogen and oxygen atoms in total. The molecule has 2 N–H and O–H groups in total. The van der Waals surface area contributed by atoms with Crippen molar-refractivity contribution in [2.45, 2.75) is 33.7 Å². The van der Waals surface area contributed by atoms with Gasteiger partial charge in [0.05, 0.1) is 0 Å². The predicted molar refractivity (Wildman–Crippen MR) is 106 cm³/mol. The van der Waals surface area contributed by atoms with E-state index in [1.54, 1.807) is 0 Å². The van der Waals surface area contributed by atoms with Crippen LogP contribution in [0.2, 0.25) is 0 Å². The molecule has 26 heavy (non-hydrogen) atoms. The lowest BCUT2D eigenvalue weighted by Gasteiger charge is -2.21. The third-order valence-electron chi connectivity index (χ3n) is 4.17. The zero-order valence-corrected chi connectivity index (χ0v) is 15.7. The van der Waals surface area contributed by atoms with E-state index >= 15 is 0 Å². The van der Waals surface area contributed by atoms with Crippen LogP contribution in [0.1, 0.15) is 31.4 Å². The second kappa shape index (κ2) is 9.61. The summed E-state index contributed by atoms with van der Waals surface area (Å²) in [6.07, 6.45) is -0.191. The zero-order chi connectivity index (χ0) is 18.9. The van der Waals surface area contributed by atoms with Gasteiger partial charge in [-0.3, -0.25) is 9.59 Å². The Labute approximate surface area is 155 Å². The van der Waals surface area contributed by atoms with Gasteiger partial charge in [0, 0.05) is 31.0 Å². The predicted octanol–water partition coefficient (Wildman–Crippen LogP) is 3.49. The maximum absolute atomic E-state index is 12.0. The summed E-state index contributed by atoms with van der Waals surface area (Å²) >= 11 is 0. The zero-order valence-electron chi connectivity index (χ0n) is 15.7. The quantitative estimate of drug-likeness (QED) is 0.714. The molecule has 0 saturated carbocycles. The molecule has 0 aliphatic carbocycles. The van der Waals surface area contributed by atoms with Crippen LogP contribution >= 0.6 is 0 Å². The summed E-state index contributed by atoms with van der Waals surface area (Å²) in [5.74, 6) is -0.605. The van der Waals surface area contributed by atoms with Crippen molar-refractivity contribution in [2.24, 2.45) is 0 Å². The molecule has 0 unspecified atom stereocenters. The summed E-state index contributed by atoms with van der Waals surface area (Å²) in [6, 6.07) is 15.6. The highest BCUT2D eigenvalue weighted by Gasteiger charge is 2.10. The molecular weight excluding hydrogens is 326 g/mol. The summed E-state index contributed by atoms with van der Waals surface area (Å²) in [7, 11) is 0. The number of nitrogens with one attached hydrogen (secondary N) is 2. The minimum absolute atomic E-state index is 0.191. The highest BCUT2D eigenvalue weighted by atomic mass is 16.2. The molecule has 2 amide bonds. The van der Waals surface area contributed by atoms with Crippen molar-refractivity contribution in [2.75, 3.05) is 23.3 Å². The van der Waals surface area contributed by atoms with Gasteiger partial charge in [-0.1, -0.05) is 29.8 Å². The van der Waals surface area contributed by atoms with E-state index < -0.39 is 0 Å². The standard InChI is InChI=1S/C21H27N3O2/c1-4-24(5-2)19-11-9-18(10-12-19)23-21(26)14-20(25)22-15-17-8-6-7-16(3)13-17/h6-13H,4-5,14-15H2,1-3H3,(H,22,25)(H,23,26). The van der Waals surface area contributed by atoms with Gasteiger partial charge in [-0.2, -0.15) is 0 Å². The summed E-state index contributed by atoms with van der Waals surface area (Å²) < 4.78 is 0. The van der Waals surface area contributed by atoms with E-state index in [2.05, 4.69) is 29.4 Å². The molecule has 0 heterocycles. The second-order valence-electron chi connectivity index (χ2n) is 6.21. The van der Waals surface area contributed by atoms with Crippen molar-refractivity contribution in [1.82, 2.24) is 5.32 Å². The molecule has 5 heteroatoms. The number of anilines is 2. The van der Waals surface area contributed by atoms with Gasteiger partial charge in [-0.25, -0.2) is 0 Å². The van der Waals surface area contributed by atoms with Crippen molar-refractivity contribution in [3.8, 4) is 0 Å². The van der Waals surface area contributed by atoms with Crippen molar-refractivity contribution < 1.29 is 9.59 Å². The van der Waals surface area contributed by atoms with E-state index in [1.165, 1.54) is 0 Å². The van der Waals surface area contributed by atoms with Gasteiger partial charge in [0.15, 0.2) is 0 Å². The lowest BCUT2D eigenvalue weighted by molar-refractivity contribution is -0.126. The fraction of sp³-hybridized carbons (Fsp3) is 0.333. The van der Waals surface area contributed by atoms with Gasteiger partial charge in [0.2, 0.25) is 11.8 Å². The Hall–Kier alpha value is -2.82. The van der Waals surface area contributed by atoms with Gasteiger partial charge in [0.1, 0.15) is 6.42 Å². The van der Waals surface area contributed by atoms with E-state index in [-0.39, 0.29) is 18.2 Å². The molecule has 138 valence electrons. The Balaban J connectivity index is 1.81. The third kappa shape index (κ3) is 5.92. The summed E-state index contributed by atoms with van der Waals surface area (Å²) in [6.45, 7) is 8.51. The Morgan fingerprint density at radius 3 is 2.27 bits per heavy atom. The number of aryl methyl sites for hydroxylation is 1. The van der Waals surface area contributed by atoms with E-state index in [0.29, 0.717) is 12.2 Å². The number of benzene rings is 2. The number of nitrogens with zero attached hydrogens (tertiary/aromatic N) is 1. The first-order valence-corrected chi connectivity index (χ1v) is 8.99. The first-order chi connectivity index (χ1) is 12.5. The monoisotopic (exact) mass is 353 g/mol. The molecule has 0 radical (unpaired) electrons. The number of hydrogen-bond donors (Lipinski definition) is 2. The molecule has 0 aliphatic rings. The molecule has 2 aromatic carbocycles. The topological polar surface area (TPSA) is 61.4 Å². The van der Waals surface area contributed by atoms with Crippen LogP contribution in [0, 0.1) is 6.92 Å². The molecule has 2 rings (SSSR count). The molecule has 0 aromatic heterocycles. The van der Waals surface area contributed by atoms with Crippen molar-refractivity contribution in [3.63, 3.8) is 0 Å². The van der Waals surface area contributed by atoms with E-state index in [1.807, 2.05) is 55.5 Å². The molecule has 0 bridgehead atoms. The minimum atomic E-state index is -0.317. The Kier molecular flexibility index (Phi) is 7.21. The van der Waals surface area contributed by atoms with Gasteiger partial charge in [-0.05, 0) is 50.6 Å². The Morgan fingerprint density at radius 1 is 0.962 bits per heavy atom. The fourth-order valence-electron chi connectivity index (χ4n) is 2.78. The smallest absolute Gasteiger partial charge is 0.233 e. The summed E-state index contributed by atoms with van der Waals surface area (Å²) in [5, 5.41) is 5.54. The summed E-state index contributed by atoms with van der Waals surface area (Å²) in [4.78, 5) is 26.2. The minimum Gasteiger partial charge on any atom is -0.372 e. The average Bonchev–Trinajstić information content (AvgIpc) is 2.62. The maximum atomic E-state index is 12.0. The van der Waals surface area contributed by atoms with Crippen LogP contribution in [0.3, 0.4) is 0 Å². The highest BCUT2D eigenvalue weighted by Crippen LogP contribution is 2.17. The molecule has 0 atom stereocenters. The lowest BCUT2D eigenvalue weighted by atomic mass is 10.1. The summed E-state index contributed by atoms with van der Waals surface area (Å²) in [5.41, 5.74) is 3.97. The second-order valence-corrected chi connectivity index (χ2v) is 6.21. The normalized spacial score (nSPS) is 10.3. The van der Waals surface area contributed by atoms with Crippen molar-refractivity contribution in [1.29, 1.82) is 0 Å². The number of carbonyl (C=O) groups is 2. The number of rotatable bonds is 8. The highest BCUT2D eigenvalue weighted by molar-refractivity contribution is 6.03. The van der Waals surface area contributed by atoms with Crippen molar-refractivity contribution >= 4 is 23.2 Å². The van der Waals surface area contributed by atoms with E-state index in [4.69, 9.17) is 0 Å². The van der Waals surface area contributed by atoms with Crippen LogP contribution in [0.4, 0.5) is 11.4 Å². The lowest BCUT2D eigenvalue weighted by Crippen LogP contribution is -2.27. The molecular formula is C21H27N3O2. The number of amides is 2. The first-order valence-electron chi connectivity index (χ1n) is 8.99. The van der Waals surface area contributed by atoms with Crippen LogP contribution in [-0.2, 0) is 16.1 Å². The number of carbonyl (C=O) groups excluding carboxylic acids is 2. The Bertz CT molecular complexity index is 737. The number of hydrogen-bond acceptors (Lipinski definition) is 3. The van der Waals surface area contributed by atoms with Crippen LogP contribution in [0.25, 0.3) is 0 Å². The van der Waals surface area contributed by atoms with E-state index in [0.717, 1.165) is 29.9 Å². The van der Waals surface area contributed by atoms with Crippen LogP contribution in [0.5, 0.6) is 0 Å². The first kappa shape index (κ1) is 19.5. The van der Waals surface area contributed by atoms with Gasteiger partial charge in [0.25, 0.3) is 0 Å².